The maximum absolute atomic E-state index is 4.56. The maximum Gasteiger partial charge on any atom is 0.128 e. The van der Waals surface area contributed by atoms with Crippen molar-refractivity contribution >= 4 is 5.82 Å². The van der Waals surface area contributed by atoms with Crippen LogP contribution in [0.5, 0.6) is 0 Å². The smallest absolute Gasteiger partial charge is 0.128 e. The zero-order valence-electron chi connectivity index (χ0n) is 11.2. The third kappa shape index (κ3) is 3.02. The fourth-order valence-electron chi connectivity index (χ4n) is 2.75. The van der Waals surface area contributed by atoms with Crippen LogP contribution in [-0.2, 0) is 0 Å². The minimum Gasteiger partial charge on any atom is -0.355 e. The summed E-state index contributed by atoms with van der Waals surface area (Å²) in [5, 5.41) is 3.60. The molecule has 0 radical (unpaired) electrons. The molecule has 3 rings (SSSR count). The predicted molar refractivity (Wildman–Crippen MR) is 74.9 cm³/mol. The first-order chi connectivity index (χ1) is 8.81. The fourth-order valence-corrected chi connectivity index (χ4v) is 2.75. The lowest BCUT2D eigenvalue weighted by Gasteiger charge is -2.27. The molecule has 1 atom stereocenters. The van der Waals surface area contributed by atoms with Crippen molar-refractivity contribution < 1.29 is 0 Å². The van der Waals surface area contributed by atoms with Gasteiger partial charge in [0, 0.05) is 25.3 Å². The zero-order valence-corrected chi connectivity index (χ0v) is 11.2. The minimum atomic E-state index is 0.658. The highest BCUT2D eigenvalue weighted by Gasteiger charge is 2.27. The van der Waals surface area contributed by atoms with Crippen LogP contribution >= 0.6 is 0 Å². The van der Waals surface area contributed by atoms with Crippen molar-refractivity contribution in [2.45, 2.75) is 38.6 Å². The number of aromatic nitrogens is 1. The van der Waals surface area contributed by atoms with Gasteiger partial charge in [-0.3, -0.25) is 0 Å². The maximum atomic E-state index is 4.56. The van der Waals surface area contributed by atoms with Gasteiger partial charge in [-0.25, -0.2) is 4.98 Å². The molecule has 0 amide bonds. The van der Waals surface area contributed by atoms with Crippen molar-refractivity contribution in [1.29, 1.82) is 0 Å². The Bertz CT molecular complexity index is 394. The Labute approximate surface area is 110 Å². The van der Waals surface area contributed by atoms with Crippen molar-refractivity contribution in [1.82, 2.24) is 10.3 Å². The van der Waals surface area contributed by atoms with E-state index in [1.54, 1.807) is 0 Å². The number of nitrogens with one attached hydrogen (secondary N) is 1. The van der Waals surface area contributed by atoms with Gasteiger partial charge in [0.25, 0.3) is 0 Å². The normalized spacial score (nSPS) is 23.3. The average Bonchev–Trinajstić information content (AvgIpc) is 3.03. The second-order valence-corrected chi connectivity index (χ2v) is 5.83. The number of hydrogen-bond donors (Lipinski definition) is 1. The molecule has 1 aliphatic heterocycles. The van der Waals surface area contributed by atoms with E-state index in [2.05, 4.69) is 34.3 Å². The van der Waals surface area contributed by atoms with E-state index in [9.17, 15) is 0 Å². The standard InChI is InChI=1S/C15H23N3/c1-12-6-8-17-15(9-12)18(10-13-4-5-13)11-14-3-2-7-16-14/h6,8-9,13-14,16H,2-5,7,10-11H2,1H3. The number of hydrogen-bond acceptors (Lipinski definition) is 3. The van der Waals surface area contributed by atoms with Crippen LogP contribution in [0.25, 0.3) is 0 Å². The molecule has 1 saturated carbocycles. The van der Waals surface area contributed by atoms with Gasteiger partial charge in [0.2, 0.25) is 0 Å². The van der Waals surface area contributed by atoms with Gasteiger partial charge in [0.15, 0.2) is 0 Å². The van der Waals surface area contributed by atoms with Gasteiger partial charge in [-0.2, -0.15) is 0 Å². The minimum absolute atomic E-state index is 0.658. The largest absolute Gasteiger partial charge is 0.355 e. The molecule has 0 bridgehead atoms. The Morgan fingerprint density at radius 2 is 2.22 bits per heavy atom. The summed E-state index contributed by atoms with van der Waals surface area (Å²) in [6.07, 6.45) is 7.38. The molecular weight excluding hydrogens is 222 g/mol. The summed E-state index contributed by atoms with van der Waals surface area (Å²) < 4.78 is 0. The van der Waals surface area contributed by atoms with E-state index in [4.69, 9.17) is 0 Å². The number of rotatable bonds is 5. The molecule has 1 unspecified atom stereocenters. The third-order valence-corrected chi connectivity index (χ3v) is 4.00. The van der Waals surface area contributed by atoms with Gasteiger partial charge in [-0.15, -0.1) is 0 Å². The Hall–Kier alpha value is -1.09. The fraction of sp³-hybridized carbons (Fsp3) is 0.667. The number of nitrogens with zero attached hydrogens (tertiary/aromatic N) is 2. The molecule has 1 aromatic rings. The molecule has 2 fully saturated rings. The van der Waals surface area contributed by atoms with Crippen molar-refractivity contribution in [3.05, 3.63) is 23.9 Å². The van der Waals surface area contributed by atoms with Gasteiger partial charge < -0.3 is 10.2 Å². The summed E-state index contributed by atoms with van der Waals surface area (Å²) in [6, 6.07) is 4.95. The lowest BCUT2D eigenvalue weighted by molar-refractivity contribution is 0.567. The second-order valence-electron chi connectivity index (χ2n) is 5.83. The van der Waals surface area contributed by atoms with Crippen LogP contribution in [-0.4, -0.2) is 30.7 Å². The second kappa shape index (κ2) is 5.27. The van der Waals surface area contributed by atoms with Gasteiger partial charge in [-0.05, 0) is 62.8 Å². The van der Waals surface area contributed by atoms with Gasteiger partial charge in [-0.1, -0.05) is 0 Å². The quantitative estimate of drug-likeness (QED) is 0.863. The van der Waals surface area contributed by atoms with Crippen molar-refractivity contribution in [2.75, 3.05) is 24.5 Å². The van der Waals surface area contributed by atoms with E-state index in [-0.39, 0.29) is 0 Å². The molecule has 1 saturated heterocycles. The van der Waals surface area contributed by atoms with Crippen LogP contribution in [0.1, 0.15) is 31.2 Å². The summed E-state index contributed by atoms with van der Waals surface area (Å²) in [5.74, 6) is 2.07. The first-order valence-electron chi connectivity index (χ1n) is 7.22. The number of pyridine rings is 1. The summed E-state index contributed by atoms with van der Waals surface area (Å²) in [7, 11) is 0. The van der Waals surface area contributed by atoms with Crippen LogP contribution in [0.2, 0.25) is 0 Å². The topological polar surface area (TPSA) is 28.2 Å². The van der Waals surface area contributed by atoms with E-state index in [1.807, 2.05) is 6.20 Å². The summed E-state index contributed by atoms with van der Waals surface area (Å²) in [5.41, 5.74) is 1.31. The molecule has 98 valence electrons. The number of anilines is 1. The van der Waals surface area contributed by atoms with Gasteiger partial charge in [0.1, 0.15) is 5.82 Å². The summed E-state index contributed by atoms with van der Waals surface area (Å²) >= 11 is 0. The summed E-state index contributed by atoms with van der Waals surface area (Å²) in [6.45, 7) is 5.64. The van der Waals surface area contributed by atoms with E-state index < -0.39 is 0 Å². The van der Waals surface area contributed by atoms with Crippen LogP contribution in [0.3, 0.4) is 0 Å². The van der Waals surface area contributed by atoms with Crippen LogP contribution in [0.4, 0.5) is 5.82 Å². The van der Waals surface area contributed by atoms with Crippen LogP contribution in [0, 0.1) is 12.8 Å². The first-order valence-corrected chi connectivity index (χ1v) is 7.22. The van der Waals surface area contributed by atoms with Crippen LogP contribution in [0.15, 0.2) is 18.3 Å². The highest BCUT2D eigenvalue weighted by Crippen LogP contribution is 2.31. The molecule has 3 nitrogen and oxygen atoms in total. The first kappa shape index (κ1) is 12.0. The lowest BCUT2D eigenvalue weighted by Crippen LogP contribution is -2.39. The van der Waals surface area contributed by atoms with E-state index in [0.29, 0.717) is 6.04 Å². The Morgan fingerprint density at radius 3 is 2.89 bits per heavy atom. The van der Waals surface area contributed by atoms with E-state index in [1.165, 1.54) is 44.3 Å². The molecule has 18 heavy (non-hydrogen) atoms. The Balaban J connectivity index is 1.70. The van der Waals surface area contributed by atoms with Crippen molar-refractivity contribution in [3.8, 4) is 0 Å². The Morgan fingerprint density at radius 1 is 1.33 bits per heavy atom. The van der Waals surface area contributed by atoms with Gasteiger partial charge in [0.05, 0.1) is 0 Å². The number of aryl methyl sites for hydroxylation is 1. The molecule has 1 aliphatic carbocycles. The SMILES string of the molecule is Cc1ccnc(N(CC2CC2)CC2CCCN2)c1. The predicted octanol–water partition coefficient (Wildman–Crippen LogP) is 2.36. The molecule has 0 spiro atoms. The van der Waals surface area contributed by atoms with E-state index >= 15 is 0 Å². The average molecular weight is 245 g/mol. The lowest BCUT2D eigenvalue weighted by atomic mass is 10.2. The summed E-state index contributed by atoms with van der Waals surface area (Å²) in [4.78, 5) is 7.05. The highest BCUT2D eigenvalue weighted by atomic mass is 15.2. The van der Waals surface area contributed by atoms with Crippen LogP contribution < -0.4 is 10.2 Å². The van der Waals surface area contributed by atoms with Crippen molar-refractivity contribution in [2.24, 2.45) is 5.92 Å². The molecule has 0 aromatic carbocycles. The van der Waals surface area contributed by atoms with Crippen molar-refractivity contribution in [3.63, 3.8) is 0 Å². The molecule has 1 N–H and O–H groups in total. The molecule has 2 heterocycles. The molecule has 3 heteroatoms. The van der Waals surface area contributed by atoms with E-state index in [0.717, 1.165) is 18.3 Å². The third-order valence-electron chi connectivity index (χ3n) is 4.00. The monoisotopic (exact) mass is 245 g/mol. The zero-order chi connectivity index (χ0) is 12.4. The highest BCUT2D eigenvalue weighted by molar-refractivity contribution is 5.41. The molecule has 2 aliphatic rings. The molecule has 1 aromatic heterocycles. The van der Waals surface area contributed by atoms with Gasteiger partial charge >= 0.3 is 0 Å². The molecular formula is C15H23N3. The Kier molecular flexibility index (Phi) is 3.50.